The maximum absolute atomic E-state index is 13.6. The molecule has 7 nitrogen and oxygen atoms in total. The average Bonchev–Trinajstić information content (AvgIpc) is 2.89. The highest BCUT2D eigenvalue weighted by atomic mass is 32.2. The second kappa shape index (κ2) is 13.0. The van der Waals surface area contributed by atoms with Gasteiger partial charge in [-0.3, -0.25) is 4.79 Å². The summed E-state index contributed by atoms with van der Waals surface area (Å²) in [5.74, 6) is 0.267. The molecule has 1 amide bonds. The number of nitrogens with zero attached hydrogens (tertiary/aromatic N) is 1. The summed E-state index contributed by atoms with van der Waals surface area (Å²) >= 11 is 0. The number of aryl methyl sites for hydroxylation is 2. The second-order valence-electron chi connectivity index (χ2n) is 10.0. The van der Waals surface area contributed by atoms with E-state index < -0.39 is 22.2 Å². The van der Waals surface area contributed by atoms with Crippen molar-refractivity contribution in [3.63, 3.8) is 0 Å². The molecule has 2 N–H and O–H groups in total. The summed E-state index contributed by atoms with van der Waals surface area (Å²) in [6, 6.07) is 20.6. The van der Waals surface area contributed by atoms with Gasteiger partial charge >= 0.3 is 0 Å². The van der Waals surface area contributed by atoms with Crippen LogP contribution in [-0.2, 0) is 16.4 Å². The fourth-order valence-electron chi connectivity index (χ4n) is 4.29. The quantitative estimate of drug-likeness (QED) is 0.357. The SMILES string of the molecule is COc1ccc(S(=O)(=O)N(CC(C)C)CC(O)[C@H](Cc2ccccc2)NC(=O)c2cc(C)ccc2C)cc1. The van der Waals surface area contributed by atoms with E-state index in [1.54, 1.807) is 12.1 Å². The molecule has 3 rings (SSSR count). The molecule has 0 aliphatic carbocycles. The Bertz CT molecular complexity index is 1310. The van der Waals surface area contributed by atoms with Crippen molar-refractivity contribution in [1.29, 1.82) is 0 Å². The Morgan fingerprint density at radius 2 is 1.63 bits per heavy atom. The van der Waals surface area contributed by atoms with Crippen LogP contribution < -0.4 is 10.1 Å². The Morgan fingerprint density at radius 3 is 2.24 bits per heavy atom. The summed E-state index contributed by atoms with van der Waals surface area (Å²) in [5.41, 5.74) is 3.23. The first-order valence-corrected chi connectivity index (χ1v) is 14.2. The summed E-state index contributed by atoms with van der Waals surface area (Å²) in [7, 11) is -2.39. The average molecular weight is 539 g/mol. The van der Waals surface area contributed by atoms with Crippen LogP contribution in [0.15, 0.2) is 77.7 Å². The maximum Gasteiger partial charge on any atom is 0.251 e. The molecule has 0 saturated carbocycles. The number of sulfonamides is 1. The molecular formula is C30H38N2O5S. The highest BCUT2D eigenvalue weighted by Crippen LogP contribution is 2.22. The number of aliphatic hydroxyl groups excluding tert-OH is 1. The Hall–Kier alpha value is -3.20. The fraction of sp³-hybridized carbons (Fsp3) is 0.367. The van der Waals surface area contributed by atoms with Gasteiger partial charge in [0.1, 0.15) is 5.75 Å². The molecular weight excluding hydrogens is 500 g/mol. The van der Waals surface area contributed by atoms with Crippen LogP contribution in [0.1, 0.15) is 40.9 Å². The first-order chi connectivity index (χ1) is 18.0. The van der Waals surface area contributed by atoms with Gasteiger partial charge in [0, 0.05) is 18.7 Å². The van der Waals surface area contributed by atoms with E-state index in [4.69, 9.17) is 4.74 Å². The summed E-state index contributed by atoms with van der Waals surface area (Å²) in [5, 5.41) is 14.4. The number of methoxy groups -OCH3 is 1. The van der Waals surface area contributed by atoms with Crippen molar-refractivity contribution in [2.24, 2.45) is 5.92 Å². The number of amides is 1. The molecule has 38 heavy (non-hydrogen) atoms. The third-order valence-corrected chi connectivity index (χ3v) is 8.22. The van der Waals surface area contributed by atoms with Crippen LogP contribution in [0.25, 0.3) is 0 Å². The molecule has 0 aliphatic rings. The van der Waals surface area contributed by atoms with Crippen LogP contribution in [-0.4, -0.2) is 56.1 Å². The van der Waals surface area contributed by atoms with Gasteiger partial charge in [0.05, 0.1) is 24.2 Å². The van der Waals surface area contributed by atoms with E-state index in [0.717, 1.165) is 16.7 Å². The number of carbonyl (C=O) groups excluding carboxylic acids is 1. The maximum atomic E-state index is 13.6. The third-order valence-electron chi connectivity index (χ3n) is 6.37. The first kappa shape index (κ1) is 29.4. The topological polar surface area (TPSA) is 95.9 Å². The van der Waals surface area contributed by atoms with Gasteiger partial charge in [0.15, 0.2) is 0 Å². The van der Waals surface area contributed by atoms with Gasteiger partial charge in [-0.1, -0.05) is 61.9 Å². The lowest BCUT2D eigenvalue weighted by molar-refractivity contribution is 0.0775. The standard InChI is InChI=1S/C30H38N2O5S/c1-21(2)19-32(38(35,36)26-15-13-25(37-5)14-16-26)20-29(33)28(18-24-9-7-6-8-10-24)31-30(34)27-17-22(3)11-12-23(27)4/h6-17,21,28-29,33H,18-20H2,1-5H3,(H,31,34)/t28-,29?/m0/s1. The number of aliphatic hydroxyl groups is 1. The highest BCUT2D eigenvalue weighted by molar-refractivity contribution is 7.89. The van der Waals surface area contributed by atoms with Gasteiger partial charge in [-0.05, 0) is 67.6 Å². The van der Waals surface area contributed by atoms with Crippen molar-refractivity contribution in [1.82, 2.24) is 9.62 Å². The molecule has 0 spiro atoms. The van der Waals surface area contributed by atoms with Crippen molar-refractivity contribution in [2.75, 3.05) is 20.2 Å². The van der Waals surface area contributed by atoms with Crippen LogP contribution in [0.3, 0.4) is 0 Å². The molecule has 0 heterocycles. The van der Waals surface area contributed by atoms with Crippen molar-refractivity contribution in [3.05, 3.63) is 95.1 Å². The van der Waals surface area contributed by atoms with E-state index in [0.29, 0.717) is 17.7 Å². The number of rotatable bonds is 12. The van der Waals surface area contributed by atoms with Gasteiger partial charge in [0.25, 0.3) is 5.91 Å². The fourth-order valence-corrected chi connectivity index (χ4v) is 5.91. The Balaban J connectivity index is 1.90. The van der Waals surface area contributed by atoms with Crippen molar-refractivity contribution in [3.8, 4) is 5.75 Å². The summed E-state index contributed by atoms with van der Waals surface area (Å²) in [6.07, 6.45) is -0.812. The van der Waals surface area contributed by atoms with Crippen LogP contribution in [0.4, 0.5) is 0 Å². The molecule has 1 unspecified atom stereocenters. The number of hydrogen-bond acceptors (Lipinski definition) is 5. The van der Waals surface area contributed by atoms with Gasteiger partial charge < -0.3 is 15.2 Å². The predicted molar refractivity (Wildman–Crippen MR) is 150 cm³/mol. The summed E-state index contributed by atoms with van der Waals surface area (Å²) in [6.45, 7) is 7.67. The lowest BCUT2D eigenvalue weighted by atomic mass is 9.99. The zero-order valence-electron chi connectivity index (χ0n) is 22.7. The summed E-state index contributed by atoms with van der Waals surface area (Å²) in [4.78, 5) is 13.4. The van der Waals surface area contributed by atoms with Gasteiger partial charge in [-0.2, -0.15) is 4.31 Å². The molecule has 8 heteroatoms. The van der Waals surface area contributed by atoms with Gasteiger partial charge in [0.2, 0.25) is 10.0 Å². The zero-order valence-corrected chi connectivity index (χ0v) is 23.5. The van der Waals surface area contributed by atoms with Crippen LogP contribution in [0.5, 0.6) is 5.75 Å². The normalized spacial score (nSPS) is 13.4. The van der Waals surface area contributed by atoms with E-state index >= 15 is 0 Å². The van der Waals surface area contributed by atoms with E-state index in [2.05, 4.69) is 5.32 Å². The molecule has 204 valence electrons. The number of benzene rings is 3. The molecule has 2 atom stereocenters. The lowest BCUT2D eigenvalue weighted by Gasteiger charge is -2.31. The second-order valence-corrected chi connectivity index (χ2v) is 12.0. The number of nitrogens with one attached hydrogen (secondary N) is 1. The Kier molecular flexibility index (Phi) is 10.1. The van der Waals surface area contributed by atoms with E-state index in [-0.39, 0.29) is 29.8 Å². The number of ether oxygens (including phenoxy) is 1. The molecule has 3 aromatic carbocycles. The van der Waals surface area contributed by atoms with E-state index in [9.17, 15) is 18.3 Å². The van der Waals surface area contributed by atoms with Crippen LogP contribution >= 0.6 is 0 Å². The minimum absolute atomic E-state index is 0.0207. The molecule has 0 aromatic heterocycles. The predicted octanol–water partition coefficient (Wildman–Crippen LogP) is 4.36. The molecule has 0 saturated heterocycles. The Morgan fingerprint density at radius 1 is 0.974 bits per heavy atom. The monoisotopic (exact) mass is 538 g/mol. The van der Waals surface area contributed by atoms with Crippen molar-refractivity contribution < 1.29 is 23.1 Å². The molecule has 0 bridgehead atoms. The van der Waals surface area contributed by atoms with Crippen LogP contribution in [0, 0.1) is 19.8 Å². The number of carbonyl (C=O) groups is 1. The minimum atomic E-state index is -3.91. The van der Waals surface area contributed by atoms with Crippen molar-refractivity contribution in [2.45, 2.75) is 51.2 Å². The molecule has 3 aromatic rings. The summed E-state index contributed by atoms with van der Waals surface area (Å²) < 4.78 is 33.7. The largest absolute Gasteiger partial charge is 0.497 e. The molecule has 0 aliphatic heterocycles. The Labute approximate surface area is 226 Å². The third kappa shape index (κ3) is 7.66. The lowest BCUT2D eigenvalue weighted by Crippen LogP contribution is -2.51. The smallest absolute Gasteiger partial charge is 0.251 e. The minimum Gasteiger partial charge on any atom is -0.497 e. The van der Waals surface area contributed by atoms with Gasteiger partial charge in [-0.25, -0.2) is 8.42 Å². The zero-order chi connectivity index (χ0) is 27.9. The van der Waals surface area contributed by atoms with Crippen molar-refractivity contribution >= 4 is 15.9 Å². The molecule has 0 radical (unpaired) electrons. The van der Waals surface area contributed by atoms with Crippen LogP contribution in [0.2, 0.25) is 0 Å². The van der Waals surface area contributed by atoms with E-state index in [1.807, 2.05) is 76.2 Å². The molecule has 0 fully saturated rings. The van der Waals surface area contributed by atoms with Gasteiger partial charge in [-0.15, -0.1) is 0 Å². The first-order valence-electron chi connectivity index (χ1n) is 12.8. The van der Waals surface area contributed by atoms with E-state index in [1.165, 1.54) is 23.5 Å². The number of hydrogen-bond donors (Lipinski definition) is 2. The highest BCUT2D eigenvalue weighted by Gasteiger charge is 2.31.